The monoisotopic (exact) mass is 184 g/mol. The lowest BCUT2D eigenvalue weighted by Gasteiger charge is -1.75. The van der Waals surface area contributed by atoms with Crippen LogP contribution in [0.1, 0.15) is 0 Å². The zero-order valence-electron chi connectivity index (χ0n) is 3.19. The third-order valence-corrected chi connectivity index (χ3v) is 0.571. The molecule has 4 heteroatoms. The molecule has 7 heavy (non-hydrogen) atoms. The largest absolute Gasteiger partial charge is 0.478 e. The smallest absolute Gasteiger partial charge is 0.330 e. The van der Waals surface area contributed by atoms with E-state index in [4.69, 9.17) is 16.7 Å². The second-order valence-electron chi connectivity index (χ2n) is 0.772. The van der Waals surface area contributed by atoms with E-state index < -0.39 is 5.97 Å². The van der Waals surface area contributed by atoms with Gasteiger partial charge in [-0.15, -0.1) is 0 Å². The van der Waals surface area contributed by atoms with Crippen LogP contribution in [0.2, 0.25) is 0 Å². The van der Waals surface area contributed by atoms with Crippen LogP contribution in [0.4, 0.5) is 0 Å². The minimum absolute atomic E-state index is 0.0972. The van der Waals surface area contributed by atoms with Crippen LogP contribution >= 0.6 is 27.5 Å². The quantitative estimate of drug-likeness (QED) is 0.629. The highest BCUT2D eigenvalue weighted by Gasteiger charge is 1.87. The average molecular weight is 185 g/mol. The molecule has 0 bridgehead atoms. The van der Waals surface area contributed by atoms with E-state index in [0.717, 1.165) is 6.08 Å². The van der Waals surface area contributed by atoms with Crippen molar-refractivity contribution < 1.29 is 9.90 Å². The lowest BCUT2D eigenvalue weighted by Crippen LogP contribution is -1.84. The highest BCUT2D eigenvalue weighted by atomic mass is 79.9. The van der Waals surface area contributed by atoms with Gasteiger partial charge in [0.05, 0.1) is 3.94 Å². The van der Waals surface area contributed by atoms with Crippen molar-refractivity contribution in [3.05, 3.63) is 10.0 Å². The lowest BCUT2D eigenvalue weighted by atomic mass is 10.7. The molecule has 0 saturated carbocycles. The van der Waals surface area contributed by atoms with Crippen LogP contribution in [-0.2, 0) is 4.79 Å². The van der Waals surface area contributed by atoms with Crippen molar-refractivity contribution in [1.82, 2.24) is 0 Å². The first-order chi connectivity index (χ1) is 3.13. The van der Waals surface area contributed by atoms with E-state index in [-0.39, 0.29) is 3.94 Å². The summed E-state index contributed by atoms with van der Waals surface area (Å²) in [4.78, 5) is 9.62. The Labute approximate surface area is 53.9 Å². The second-order valence-corrected chi connectivity index (χ2v) is 2.49. The molecule has 0 aromatic heterocycles. The number of carboxylic acid groups (broad SMARTS) is 1. The number of aliphatic carboxylic acids is 1. The minimum atomic E-state index is -1.05. The maximum absolute atomic E-state index is 9.62. The first-order valence-electron chi connectivity index (χ1n) is 1.38. The molecule has 40 valence electrons. The standard InChI is InChI=1S/C3H2BrClO2/c4-2(5)1-3(6)7/h1H,(H,6,7)/b2-1+. The summed E-state index contributed by atoms with van der Waals surface area (Å²) < 4.78 is 0.0972. The van der Waals surface area contributed by atoms with E-state index in [1.807, 2.05) is 0 Å². The molecule has 0 aliphatic heterocycles. The molecule has 0 amide bonds. The molecular weight excluding hydrogens is 183 g/mol. The SMILES string of the molecule is O=C(O)/C=C(/Cl)Br. The Morgan fingerprint density at radius 1 is 1.86 bits per heavy atom. The molecule has 0 aromatic rings. The van der Waals surface area contributed by atoms with Crippen LogP contribution in [0, 0.1) is 0 Å². The van der Waals surface area contributed by atoms with Gasteiger partial charge in [0.25, 0.3) is 0 Å². The zero-order chi connectivity index (χ0) is 5.86. The van der Waals surface area contributed by atoms with Gasteiger partial charge in [-0.2, -0.15) is 0 Å². The van der Waals surface area contributed by atoms with Gasteiger partial charge in [0.2, 0.25) is 0 Å². The summed E-state index contributed by atoms with van der Waals surface area (Å²) in [6.45, 7) is 0. The zero-order valence-corrected chi connectivity index (χ0v) is 5.53. The first kappa shape index (κ1) is 6.98. The van der Waals surface area contributed by atoms with E-state index in [1.54, 1.807) is 0 Å². The number of halogens is 2. The van der Waals surface area contributed by atoms with Crippen LogP contribution in [0.25, 0.3) is 0 Å². The number of carboxylic acids is 1. The van der Waals surface area contributed by atoms with Crippen LogP contribution in [0.3, 0.4) is 0 Å². The van der Waals surface area contributed by atoms with E-state index in [0.29, 0.717) is 0 Å². The predicted octanol–water partition coefficient (Wildman–Crippen LogP) is 1.55. The molecule has 0 fully saturated rings. The third-order valence-electron chi connectivity index (χ3n) is 0.233. The molecule has 2 nitrogen and oxygen atoms in total. The fourth-order valence-corrected chi connectivity index (χ4v) is 0.383. The normalized spacial score (nSPS) is 11.4. The van der Waals surface area contributed by atoms with Crippen molar-refractivity contribution in [2.75, 3.05) is 0 Å². The molecular formula is C3H2BrClO2. The second kappa shape index (κ2) is 3.04. The van der Waals surface area contributed by atoms with E-state index in [1.165, 1.54) is 0 Å². The maximum Gasteiger partial charge on any atom is 0.330 e. The lowest BCUT2D eigenvalue weighted by molar-refractivity contribution is -0.131. The highest BCUT2D eigenvalue weighted by molar-refractivity contribution is 9.12. The Morgan fingerprint density at radius 2 is 2.29 bits per heavy atom. The number of carbonyl (C=O) groups is 1. The fourth-order valence-electron chi connectivity index (χ4n) is 0.0933. The minimum Gasteiger partial charge on any atom is -0.478 e. The first-order valence-corrected chi connectivity index (χ1v) is 2.55. The third kappa shape index (κ3) is 5.98. The van der Waals surface area contributed by atoms with Crippen molar-refractivity contribution in [2.45, 2.75) is 0 Å². The summed E-state index contributed by atoms with van der Waals surface area (Å²) in [7, 11) is 0. The molecule has 0 aliphatic rings. The van der Waals surface area contributed by atoms with Crippen molar-refractivity contribution in [3.63, 3.8) is 0 Å². The summed E-state index contributed by atoms with van der Waals surface area (Å²) >= 11 is 7.79. The van der Waals surface area contributed by atoms with Gasteiger partial charge in [0.1, 0.15) is 0 Å². The van der Waals surface area contributed by atoms with Crippen molar-refractivity contribution in [1.29, 1.82) is 0 Å². The van der Waals surface area contributed by atoms with Gasteiger partial charge in [0.15, 0.2) is 0 Å². The number of hydrogen-bond acceptors (Lipinski definition) is 1. The van der Waals surface area contributed by atoms with Crippen molar-refractivity contribution in [3.8, 4) is 0 Å². The molecule has 0 aliphatic carbocycles. The summed E-state index contributed by atoms with van der Waals surface area (Å²) in [5.74, 6) is -1.05. The highest BCUT2D eigenvalue weighted by Crippen LogP contribution is 2.07. The maximum atomic E-state index is 9.62. The predicted molar refractivity (Wildman–Crippen MR) is 30.5 cm³/mol. The van der Waals surface area contributed by atoms with Gasteiger partial charge < -0.3 is 5.11 Å². The van der Waals surface area contributed by atoms with Gasteiger partial charge in [-0.25, -0.2) is 4.79 Å². The molecule has 0 heterocycles. The van der Waals surface area contributed by atoms with Crippen LogP contribution in [0.15, 0.2) is 10.0 Å². The number of hydrogen-bond donors (Lipinski definition) is 1. The average Bonchev–Trinajstić information content (AvgIpc) is 1.27. The molecule has 0 rings (SSSR count). The summed E-state index contributed by atoms with van der Waals surface area (Å²) in [6.07, 6.45) is 0.849. The molecule has 0 atom stereocenters. The molecule has 0 unspecified atom stereocenters. The Morgan fingerprint density at radius 3 is 2.29 bits per heavy atom. The van der Waals surface area contributed by atoms with Crippen LogP contribution in [0.5, 0.6) is 0 Å². The Bertz CT molecular complexity index is 106. The van der Waals surface area contributed by atoms with E-state index in [2.05, 4.69) is 15.9 Å². The molecule has 0 saturated heterocycles. The molecule has 0 radical (unpaired) electrons. The summed E-state index contributed by atoms with van der Waals surface area (Å²) in [5.41, 5.74) is 0. The summed E-state index contributed by atoms with van der Waals surface area (Å²) in [6, 6.07) is 0. The van der Waals surface area contributed by atoms with Gasteiger partial charge in [-0.3, -0.25) is 0 Å². The van der Waals surface area contributed by atoms with Gasteiger partial charge in [-0.1, -0.05) is 11.6 Å². The molecule has 1 N–H and O–H groups in total. The Kier molecular flexibility index (Phi) is 3.04. The van der Waals surface area contributed by atoms with Crippen molar-refractivity contribution >= 4 is 33.5 Å². The van der Waals surface area contributed by atoms with Gasteiger partial charge in [0, 0.05) is 6.08 Å². The van der Waals surface area contributed by atoms with E-state index in [9.17, 15) is 4.79 Å². The summed E-state index contributed by atoms with van der Waals surface area (Å²) in [5, 5.41) is 7.89. The Balaban J connectivity index is 3.68. The topological polar surface area (TPSA) is 37.3 Å². The van der Waals surface area contributed by atoms with Crippen LogP contribution < -0.4 is 0 Å². The molecule has 0 spiro atoms. The van der Waals surface area contributed by atoms with Gasteiger partial charge >= 0.3 is 5.97 Å². The Hall–Kier alpha value is -0.0200. The van der Waals surface area contributed by atoms with Crippen LogP contribution in [-0.4, -0.2) is 11.1 Å². The number of rotatable bonds is 1. The van der Waals surface area contributed by atoms with Crippen molar-refractivity contribution in [2.24, 2.45) is 0 Å². The molecule has 0 aromatic carbocycles. The van der Waals surface area contributed by atoms with E-state index >= 15 is 0 Å². The van der Waals surface area contributed by atoms with Gasteiger partial charge in [-0.05, 0) is 15.9 Å². The fraction of sp³-hybridized carbons (Fsp3) is 0.